The molecule has 0 radical (unpaired) electrons. The fourth-order valence-corrected chi connectivity index (χ4v) is 3.10. The van der Waals surface area contributed by atoms with Gasteiger partial charge < -0.3 is 15.0 Å². The molecule has 2 atom stereocenters. The SMILES string of the molecule is CC1(C)NC(=O)C(C(C)(C)C)N(CC2CCCO2)C1=O. The first kappa shape index (κ1) is 15.3. The second-order valence-electron chi connectivity index (χ2n) is 7.48. The molecular formula is C15H26N2O3. The molecule has 5 nitrogen and oxygen atoms in total. The highest BCUT2D eigenvalue weighted by atomic mass is 16.5. The number of hydrogen-bond donors (Lipinski definition) is 1. The molecule has 0 aliphatic carbocycles. The third-order valence-corrected chi connectivity index (χ3v) is 4.04. The lowest BCUT2D eigenvalue weighted by molar-refractivity contribution is -0.159. The Bertz CT molecular complexity index is 406. The lowest BCUT2D eigenvalue weighted by Crippen LogP contribution is -2.71. The summed E-state index contributed by atoms with van der Waals surface area (Å²) >= 11 is 0. The maximum Gasteiger partial charge on any atom is 0.248 e. The smallest absolute Gasteiger partial charge is 0.248 e. The van der Waals surface area contributed by atoms with Crippen LogP contribution in [0.2, 0.25) is 0 Å². The Balaban J connectivity index is 2.27. The van der Waals surface area contributed by atoms with Crippen molar-refractivity contribution in [3.05, 3.63) is 0 Å². The van der Waals surface area contributed by atoms with E-state index in [1.165, 1.54) is 0 Å². The van der Waals surface area contributed by atoms with Crippen molar-refractivity contribution in [3.63, 3.8) is 0 Å². The van der Waals surface area contributed by atoms with E-state index in [1.807, 2.05) is 20.8 Å². The van der Waals surface area contributed by atoms with E-state index in [0.717, 1.165) is 19.4 Å². The maximum absolute atomic E-state index is 12.7. The Kier molecular flexibility index (Phi) is 3.84. The Morgan fingerprint density at radius 1 is 1.35 bits per heavy atom. The molecular weight excluding hydrogens is 256 g/mol. The first-order valence-corrected chi connectivity index (χ1v) is 7.37. The average Bonchev–Trinajstić information content (AvgIpc) is 2.75. The van der Waals surface area contributed by atoms with Gasteiger partial charge in [0.05, 0.1) is 6.10 Å². The molecule has 114 valence electrons. The molecule has 20 heavy (non-hydrogen) atoms. The van der Waals surface area contributed by atoms with E-state index in [4.69, 9.17) is 4.74 Å². The van der Waals surface area contributed by atoms with Crippen LogP contribution in [0.1, 0.15) is 47.5 Å². The molecule has 0 spiro atoms. The molecule has 2 amide bonds. The van der Waals surface area contributed by atoms with Crippen LogP contribution in [-0.2, 0) is 14.3 Å². The number of nitrogens with zero attached hydrogens (tertiary/aromatic N) is 1. The van der Waals surface area contributed by atoms with E-state index in [2.05, 4.69) is 5.32 Å². The van der Waals surface area contributed by atoms with Gasteiger partial charge in [-0.3, -0.25) is 9.59 Å². The monoisotopic (exact) mass is 282 g/mol. The quantitative estimate of drug-likeness (QED) is 0.831. The van der Waals surface area contributed by atoms with Crippen molar-refractivity contribution in [1.29, 1.82) is 0 Å². The molecule has 2 heterocycles. The molecule has 0 bridgehead atoms. The molecule has 2 fully saturated rings. The van der Waals surface area contributed by atoms with Crippen LogP contribution < -0.4 is 5.32 Å². The van der Waals surface area contributed by atoms with Crippen LogP contribution in [0.15, 0.2) is 0 Å². The van der Waals surface area contributed by atoms with Crippen LogP contribution in [0.5, 0.6) is 0 Å². The highest BCUT2D eigenvalue weighted by Crippen LogP contribution is 2.31. The molecule has 2 rings (SSSR count). The summed E-state index contributed by atoms with van der Waals surface area (Å²) in [5, 5.41) is 2.85. The molecule has 0 saturated carbocycles. The molecule has 2 aliphatic rings. The number of nitrogens with one attached hydrogen (secondary N) is 1. The van der Waals surface area contributed by atoms with E-state index in [9.17, 15) is 9.59 Å². The number of rotatable bonds is 2. The predicted molar refractivity (Wildman–Crippen MR) is 76.2 cm³/mol. The van der Waals surface area contributed by atoms with Crippen LogP contribution in [-0.4, -0.2) is 47.6 Å². The van der Waals surface area contributed by atoms with Crippen LogP contribution in [0.4, 0.5) is 0 Å². The summed E-state index contributed by atoms with van der Waals surface area (Å²) in [6.45, 7) is 10.8. The van der Waals surface area contributed by atoms with Crippen molar-refractivity contribution in [2.24, 2.45) is 5.41 Å². The molecule has 0 aromatic heterocycles. The van der Waals surface area contributed by atoms with Gasteiger partial charge in [-0.1, -0.05) is 20.8 Å². The van der Waals surface area contributed by atoms with Gasteiger partial charge in [0.2, 0.25) is 11.8 Å². The first-order chi connectivity index (χ1) is 9.13. The normalized spacial score (nSPS) is 30.6. The number of piperazine rings is 1. The number of amides is 2. The Morgan fingerprint density at radius 2 is 2.00 bits per heavy atom. The standard InChI is InChI=1S/C15H26N2O3/c1-14(2,3)11-12(18)16-15(4,5)13(19)17(11)9-10-7-6-8-20-10/h10-11H,6-9H2,1-5H3,(H,16,18). The van der Waals surface area contributed by atoms with E-state index < -0.39 is 11.6 Å². The van der Waals surface area contributed by atoms with Crippen LogP contribution >= 0.6 is 0 Å². The van der Waals surface area contributed by atoms with E-state index in [-0.39, 0.29) is 23.3 Å². The minimum absolute atomic E-state index is 0.0208. The fourth-order valence-electron chi connectivity index (χ4n) is 3.10. The fraction of sp³-hybridized carbons (Fsp3) is 0.867. The summed E-state index contributed by atoms with van der Waals surface area (Å²) in [6, 6.07) is -0.438. The largest absolute Gasteiger partial charge is 0.376 e. The summed E-state index contributed by atoms with van der Waals surface area (Å²) in [6.07, 6.45) is 2.05. The zero-order valence-corrected chi connectivity index (χ0v) is 13.2. The maximum atomic E-state index is 12.7. The van der Waals surface area contributed by atoms with Crippen LogP contribution in [0.3, 0.4) is 0 Å². The van der Waals surface area contributed by atoms with Gasteiger partial charge in [0.1, 0.15) is 11.6 Å². The average molecular weight is 282 g/mol. The zero-order chi connectivity index (χ0) is 15.1. The van der Waals surface area contributed by atoms with Crippen LogP contribution in [0, 0.1) is 5.41 Å². The lowest BCUT2D eigenvalue weighted by atomic mass is 9.81. The van der Waals surface area contributed by atoms with Gasteiger partial charge in [-0.2, -0.15) is 0 Å². The zero-order valence-electron chi connectivity index (χ0n) is 13.2. The molecule has 5 heteroatoms. The predicted octanol–water partition coefficient (Wildman–Crippen LogP) is 1.32. The molecule has 2 unspecified atom stereocenters. The summed E-state index contributed by atoms with van der Waals surface area (Å²) in [5.41, 5.74) is -1.13. The third kappa shape index (κ3) is 2.82. The van der Waals surface area contributed by atoms with E-state index in [0.29, 0.717) is 6.54 Å². The number of hydrogen-bond acceptors (Lipinski definition) is 3. The van der Waals surface area contributed by atoms with E-state index in [1.54, 1.807) is 18.7 Å². The van der Waals surface area contributed by atoms with E-state index >= 15 is 0 Å². The topological polar surface area (TPSA) is 58.6 Å². The first-order valence-electron chi connectivity index (χ1n) is 7.37. The molecule has 1 N–H and O–H groups in total. The van der Waals surface area contributed by atoms with Crippen molar-refractivity contribution in [3.8, 4) is 0 Å². The van der Waals surface area contributed by atoms with Gasteiger partial charge in [-0.15, -0.1) is 0 Å². The van der Waals surface area contributed by atoms with Crippen molar-refractivity contribution >= 4 is 11.8 Å². The summed E-state index contributed by atoms with van der Waals surface area (Å²) in [4.78, 5) is 26.9. The van der Waals surface area contributed by atoms with Gasteiger partial charge in [-0.25, -0.2) is 0 Å². The minimum Gasteiger partial charge on any atom is -0.376 e. The number of carbonyl (C=O) groups excluding carboxylic acids is 2. The third-order valence-electron chi connectivity index (χ3n) is 4.04. The summed E-state index contributed by atoms with van der Waals surface area (Å²) in [5.74, 6) is -0.0902. The van der Waals surface area contributed by atoms with Gasteiger partial charge in [0, 0.05) is 13.2 Å². The Hall–Kier alpha value is -1.10. The lowest BCUT2D eigenvalue weighted by Gasteiger charge is -2.48. The number of carbonyl (C=O) groups is 2. The number of ether oxygens (including phenoxy) is 1. The minimum atomic E-state index is -0.836. The Morgan fingerprint density at radius 3 is 2.50 bits per heavy atom. The molecule has 0 aromatic rings. The van der Waals surface area contributed by atoms with Crippen LogP contribution in [0.25, 0.3) is 0 Å². The Labute approximate surface area is 121 Å². The second-order valence-corrected chi connectivity index (χ2v) is 7.48. The second kappa shape index (κ2) is 5.02. The van der Waals surface area contributed by atoms with Crippen molar-refractivity contribution in [2.45, 2.75) is 65.1 Å². The highest BCUT2D eigenvalue weighted by Gasteiger charge is 2.50. The van der Waals surface area contributed by atoms with Crippen molar-refractivity contribution < 1.29 is 14.3 Å². The van der Waals surface area contributed by atoms with Crippen molar-refractivity contribution in [1.82, 2.24) is 10.2 Å². The van der Waals surface area contributed by atoms with Crippen molar-refractivity contribution in [2.75, 3.05) is 13.2 Å². The highest BCUT2D eigenvalue weighted by molar-refractivity contribution is 5.99. The molecule has 2 saturated heterocycles. The van der Waals surface area contributed by atoms with Gasteiger partial charge in [0.25, 0.3) is 0 Å². The van der Waals surface area contributed by atoms with Gasteiger partial charge in [-0.05, 0) is 32.1 Å². The molecule has 0 aromatic carbocycles. The summed E-state index contributed by atoms with van der Waals surface area (Å²) in [7, 11) is 0. The van der Waals surface area contributed by atoms with Gasteiger partial charge in [0.15, 0.2) is 0 Å². The molecule has 2 aliphatic heterocycles. The summed E-state index contributed by atoms with van der Waals surface area (Å²) < 4.78 is 5.64. The van der Waals surface area contributed by atoms with Gasteiger partial charge >= 0.3 is 0 Å².